The second-order valence-corrected chi connectivity index (χ2v) is 14.6. The van der Waals surface area contributed by atoms with Gasteiger partial charge in [-0.15, -0.1) is 0 Å². The lowest BCUT2D eigenvalue weighted by Crippen LogP contribution is -2.45. The number of hydrogen-bond acceptors (Lipinski definition) is 6. The van der Waals surface area contributed by atoms with Gasteiger partial charge in [0.15, 0.2) is 0 Å². The van der Waals surface area contributed by atoms with Gasteiger partial charge in [0.2, 0.25) is 5.91 Å². The molecule has 0 radical (unpaired) electrons. The van der Waals surface area contributed by atoms with Gasteiger partial charge in [0.25, 0.3) is 7.82 Å². The molecule has 0 aromatic heterocycles. The van der Waals surface area contributed by atoms with Crippen LogP contribution in [0.15, 0.2) is 36.5 Å². The number of phosphoric ester groups is 1. The monoisotopic (exact) mass is 656 g/mol. The van der Waals surface area contributed by atoms with E-state index in [4.69, 9.17) is 9.05 Å². The first-order valence-corrected chi connectivity index (χ1v) is 19.3. The molecule has 264 valence electrons. The maximum atomic E-state index is 12.7. The third-order valence-electron chi connectivity index (χ3n) is 7.57. The van der Waals surface area contributed by atoms with E-state index in [0.29, 0.717) is 17.4 Å². The molecule has 0 saturated heterocycles. The van der Waals surface area contributed by atoms with E-state index in [1.807, 2.05) is 27.2 Å². The van der Waals surface area contributed by atoms with Crippen LogP contribution in [0.3, 0.4) is 0 Å². The molecule has 0 aliphatic heterocycles. The first-order chi connectivity index (χ1) is 21.5. The van der Waals surface area contributed by atoms with Crippen molar-refractivity contribution in [3.05, 3.63) is 36.5 Å². The first kappa shape index (κ1) is 43.7. The number of likely N-dealkylation sites (N-methyl/N-ethyl adjacent to an activating group) is 1. The smallest absolute Gasteiger partial charge is 0.268 e. The molecule has 0 bridgehead atoms. The SMILES string of the molecule is CCCCC/C=C\CCCCCCCC(=O)NC(COP(=O)([O-])OCC[N+](C)(C)C)C(O)/C=C/CC/C=C/CCCCCCC. The van der Waals surface area contributed by atoms with Crippen LogP contribution >= 0.6 is 7.82 Å². The van der Waals surface area contributed by atoms with Gasteiger partial charge in [-0.2, -0.15) is 0 Å². The van der Waals surface area contributed by atoms with Gasteiger partial charge in [0.05, 0.1) is 39.9 Å². The lowest BCUT2D eigenvalue weighted by atomic mass is 10.1. The van der Waals surface area contributed by atoms with E-state index < -0.39 is 26.6 Å². The van der Waals surface area contributed by atoms with Crippen molar-refractivity contribution in [3.8, 4) is 0 Å². The maximum Gasteiger partial charge on any atom is 0.268 e. The third kappa shape index (κ3) is 31.1. The predicted octanol–water partition coefficient (Wildman–Crippen LogP) is 8.16. The maximum absolute atomic E-state index is 12.7. The van der Waals surface area contributed by atoms with Crippen molar-refractivity contribution in [1.82, 2.24) is 5.32 Å². The van der Waals surface area contributed by atoms with Crippen LogP contribution in [0.5, 0.6) is 0 Å². The normalized spacial score (nSPS) is 15.3. The molecule has 0 aromatic carbocycles. The van der Waals surface area contributed by atoms with Crippen LogP contribution in [0.25, 0.3) is 0 Å². The Kier molecular flexibility index (Phi) is 28.1. The Morgan fingerprint density at radius 1 is 0.756 bits per heavy atom. The fourth-order valence-corrected chi connectivity index (χ4v) is 5.35. The Hall–Kier alpha value is -1.28. The average molecular weight is 657 g/mol. The molecule has 8 nitrogen and oxygen atoms in total. The summed E-state index contributed by atoms with van der Waals surface area (Å²) in [5, 5.41) is 13.6. The highest BCUT2D eigenvalue weighted by atomic mass is 31.2. The van der Waals surface area contributed by atoms with Gasteiger partial charge in [-0.05, 0) is 57.8 Å². The molecule has 0 saturated carbocycles. The Bertz CT molecular complexity index is 840. The summed E-state index contributed by atoms with van der Waals surface area (Å²) in [6, 6.07) is -0.902. The van der Waals surface area contributed by atoms with Crippen molar-refractivity contribution in [1.29, 1.82) is 0 Å². The quantitative estimate of drug-likeness (QED) is 0.0337. The van der Waals surface area contributed by atoms with E-state index in [9.17, 15) is 19.4 Å². The number of carbonyl (C=O) groups excluding carboxylic acids is 1. The second kappa shape index (κ2) is 28.9. The fraction of sp³-hybridized carbons (Fsp3) is 0.806. The van der Waals surface area contributed by atoms with Crippen molar-refractivity contribution < 1.29 is 32.9 Å². The molecule has 0 heterocycles. The number of nitrogens with one attached hydrogen (secondary N) is 1. The molecular formula is C36H69N2O6P. The first-order valence-electron chi connectivity index (χ1n) is 17.9. The van der Waals surface area contributed by atoms with Gasteiger partial charge in [0.1, 0.15) is 13.2 Å². The standard InChI is InChI=1S/C36H69N2O6P/c1-6-8-10-12-14-16-18-20-22-24-26-28-30-36(40)37-34(33-44-45(41,42)43-32-31-38(3,4)5)35(39)29-27-25-23-21-19-17-15-13-11-9-7-2/h14,16,19,21,27,29,34-35,39H,6-13,15,17-18,20,22-26,28,30-33H2,1-5H3,(H-,37,40,41,42)/b16-14-,21-19+,29-27+. The number of hydrogen-bond donors (Lipinski definition) is 2. The molecule has 0 aromatic rings. The Labute approximate surface area is 276 Å². The topological polar surface area (TPSA) is 108 Å². The van der Waals surface area contributed by atoms with E-state index in [1.54, 1.807) is 6.08 Å². The number of amides is 1. The van der Waals surface area contributed by atoms with Crippen LogP contribution in [0.4, 0.5) is 0 Å². The summed E-state index contributed by atoms with van der Waals surface area (Å²) in [5.41, 5.74) is 0. The summed E-state index contributed by atoms with van der Waals surface area (Å²) in [6.45, 7) is 4.53. The number of aliphatic hydroxyl groups is 1. The van der Waals surface area contributed by atoms with Crippen molar-refractivity contribution >= 4 is 13.7 Å². The third-order valence-corrected chi connectivity index (χ3v) is 8.54. The highest BCUT2D eigenvalue weighted by Gasteiger charge is 2.23. The summed E-state index contributed by atoms with van der Waals surface area (Å²) in [7, 11) is 1.23. The molecule has 0 fully saturated rings. The molecule has 0 rings (SSSR count). The van der Waals surface area contributed by atoms with Crippen LogP contribution in [0, 0.1) is 0 Å². The fourth-order valence-electron chi connectivity index (χ4n) is 4.63. The largest absolute Gasteiger partial charge is 0.756 e. The van der Waals surface area contributed by atoms with Crippen molar-refractivity contribution in [2.45, 2.75) is 148 Å². The van der Waals surface area contributed by atoms with Crippen molar-refractivity contribution in [2.24, 2.45) is 0 Å². The molecule has 9 heteroatoms. The van der Waals surface area contributed by atoms with E-state index in [2.05, 4.69) is 43.5 Å². The summed E-state index contributed by atoms with van der Waals surface area (Å²) in [5.74, 6) is -0.223. The Morgan fingerprint density at radius 3 is 1.84 bits per heavy atom. The van der Waals surface area contributed by atoms with Crippen molar-refractivity contribution in [2.75, 3.05) is 40.9 Å². The van der Waals surface area contributed by atoms with Crippen molar-refractivity contribution in [3.63, 3.8) is 0 Å². The van der Waals surface area contributed by atoms with Gasteiger partial charge < -0.3 is 28.8 Å². The molecular weight excluding hydrogens is 587 g/mol. The highest BCUT2D eigenvalue weighted by molar-refractivity contribution is 7.45. The average Bonchev–Trinajstić information content (AvgIpc) is 2.97. The van der Waals surface area contributed by atoms with E-state index in [1.165, 1.54) is 57.8 Å². The minimum Gasteiger partial charge on any atom is -0.756 e. The van der Waals surface area contributed by atoms with Gasteiger partial charge in [-0.25, -0.2) is 0 Å². The highest BCUT2D eigenvalue weighted by Crippen LogP contribution is 2.38. The molecule has 0 spiro atoms. The number of nitrogens with zero attached hydrogens (tertiary/aromatic N) is 1. The van der Waals surface area contributed by atoms with Gasteiger partial charge in [-0.3, -0.25) is 9.36 Å². The molecule has 3 atom stereocenters. The van der Waals surface area contributed by atoms with Crippen LogP contribution in [0.1, 0.15) is 136 Å². The molecule has 3 unspecified atom stereocenters. The summed E-state index contributed by atoms with van der Waals surface area (Å²) in [4.78, 5) is 25.0. The lowest BCUT2D eigenvalue weighted by Gasteiger charge is -2.29. The molecule has 2 N–H and O–H groups in total. The predicted molar refractivity (Wildman–Crippen MR) is 187 cm³/mol. The zero-order valence-corrected chi connectivity index (χ0v) is 30.5. The van der Waals surface area contributed by atoms with Crippen LogP contribution < -0.4 is 10.2 Å². The number of allylic oxidation sites excluding steroid dienone is 5. The van der Waals surface area contributed by atoms with Gasteiger partial charge in [0, 0.05) is 6.42 Å². The summed E-state index contributed by atoms with van der Waals surface area (Å²) >= 11 is 0. The lowest BCUT2D eigenvalue weighted by molar-refractivity contribution is -0.870. The number of unbranched alkanes of at least 4 members (excludes halogenated alkanes) is 14. The Morgan fingerprint density at radius 2 is 1.24 bits per heavy atom. The van der Waals surface area contributed by atoms with E-state index >= 15 is 0 Å². The number of aliphatic hydroxyl groups excluding tert-OH is 1. The number of quaternary nitrogens is 1. The summed E-state index contributed by atoms with van der Waals surface area (Å²) < 4.78 is 23.0. The van der Waals surface area contributed by atoms with Crippen LogP contribution in [0.2, 0.25) is 0 Å². The minimum absolute atomic E-state index is 0.00867. The second-order valence-electron chi connectivity index (χ2n) is 13.2. The minimum atomic E-state index is -4.58. The number of carbonyl (C=O) groups is 1. The molecule has 0 aliphatic rings. The number of phosphoric acid groups is 1. The van der Waals surface area contributed by atoms with E-state index in [0.717, 1.165) is 57.8 Å². The summed E-state index contributed by atoms with van der Waals surface area (Å²) in [6.07, 6.45) is 31.9. The van der Waals surface area contributed by atoms with Crippen LogP contribution in [-0.4, -0.2) is 68.5 Å². The molecule has 0 aliphatic carbocycles. The Balaban J connectivity index is 4.66. The van der Waals surface area contributed by atoms with Gasteiger partial charge >= 0.3 is 0 Å². The zero-order chi connectivity index (χ0) is 33.7. The molecule has 45 heavy (non-hydrogen) atoms. The van der Waals surface area contributed by atoms with Crippen LogP contribution in [-0.2, 0) is 18.4 Å². The van der Waals surface area contributed by atoms with Gasteiger partial charge in [-0.1, -0.05) is 108 Å². The molecule has 1 amide bonds. The number of rotatable bonds is 31. The zero-order valence-electron chi connectivity index (χ0n) is 29.6. The van der Waals surface area contributed by atoms with E-state index in [-0.39, 0.29) is 12.5 Å².